The van der Waals surface area contributed by atoms with Gasteiger partial charge in [0.2, 0.25) is 0 Å². The van der Waals surface area contributed by atoms with E-state index in [2.05, 4.69) is 10.1 Å². The fourth-order valence-corrected chi connectivity index (χ4v) is 1.57. The molecule has 1 aromatic rings. The average molecular weight is 273 g/mol. The monoisotopic (exact) mass is 273 g/mol. The van der Waals surface area contributed by atoms with Crippen LogP contribution in [0.25, 0.3) is 0 Å². The van der Waals surface area contributed by atoms with E-state index in [9.17, 15) is 13.6 Å². The van der Waals surface area contributed by atoms with E-state index in [0.29, 0.717) is 13.0 Å². The minimum absolute atomic E-state index is 0.0403. The zero-order valence-corrected chi connectivity index (χ0v) is 10.9. The van der Waals surface area contributed by atoms with Gasteiger partial charge < -0.3 is 14.8 Å². The van der Waals surface area contributed by atoms with Crippen molar-refractivity contribution < 1.29 is 23.0 Å². The van der Waals surface area contributed by atoms with E-state index in [4.69, 9.17) is 4.74 Å². The van der Waals surface area contributed by atoms with Crippen molar-refractivity contribution in [2.24, 2.45) is 0 Å². The van der Waals surface area contributed by atoms with Gasteiger partial charge in [0.1, 0.15) is 11.9 Å². The van der Waals surface area contributed by atoms with Crippen molar-refractivity contribution in [1.29, 1.82) is 0 Å². The molecule has 0 aliphatic rings. The van der Waals surface area contributed by atoms with Crippen molar-refractivity contribution >= 4 is 5.97 Å². The number of carbonyl (C=O) groups excluding carboxylic acids is 1. The first-order chi connectivity index (χ1) is 9.08. The molecule has 0 aliphatic heterocycles. The summed E-state index contributed by atoms with van der Waals surface area (Å²) < 4.78 is 35.8. The van der Waals surface area contributed by atoms with Crippen LogP contribution in [-0.2, 0) is 9.53 Å². The highest BCUT2D eigenvalue weighted by Crippen LogP contribution is 2.17. The van der Waals surface area contributed by atoms with Crippen molar-refractivity contribution in [3.05, 3.63) is 29.8 Å². The Kier molecular flexibility index (Phi) is 6.21. The van der Waals surface area contributed by atoms with Crippen molar-refractivity contribution in [3.63, 3.8) is 0 Å². The molecule has 106 valence electrons. The van der Waals surface area contributed by atoms with Crippen LogP contribution >= 0.6 is 0 Å². The number of halogens is 2. The number of ether oxygens (including phenoxy) is 2. The van der Waals surface area contributed by atoms with E-state index in [1.54, 1.807) is 0 Å². The number of nitrogens with one attached hydrogen (secondary N) is 1. The topological polar surface area (TPSA) is 47.6 Å². The Balaban J connectivity index is 2.49. The molecule has 1 rings (SSSR count). The van der Waals surface area contributed by atoms with Gasteiger partial charge in [-0.1, -0.05) is 6.92 Å². The zero-order valence-electron chi connectivity index (χ0n) is 10.9. The molecule has 6 heteroatoms. The summed E-state index contributed by atoms with van der Waals surface area (Å²) >= 11 is 0. The molecule has 19 heavy (non-hydrogen) atoms. The third-order valence-electron chi connectivity index (χ3n) is 2.49. The number of carbonyl (C=O) groups is 1. The van der Waals surface area contributed by atoms with E-state index in [-0.39, 0.29) is 12.4 Å². The largest absolute Gasteiger partial charge is 0.490 e. The Labute approximate surface area is 110 Å². The summed E-state index contributed by atoms with van der Waals surface area (Å²) in [6.45, 7) is 2.58. The van der Waals surface area contributed by atoms with E-state index >= 15 is 0 Å². The minimum atomic E-state index is -0.766. The fraction of sp³-hybridized carbons (Fsp3) is 0.462. The predicted molar refractivity (Wildman–Crippen MR) is 66.0 cm³/mol. The highest BCUT2D eigenvalue weighted by molar-refractivity contribution is 5.75. The Morgan fingerprint density at radius 3 is 2.74 bits per heavy atom. The van der Waals surface area contributed by atoms with Crippen molar-refractivity contribution in [2.75, 3.05) is 20.3 Å². The molecular weight excluding hydrogens is 256 g/mol. The van der Waals surface area contributed by atoms with Crippen LogP contribution in [0.4, 0.5) is 8.78 Å². The Morgan fingerprint density at radius 1 is 1.42 bits per heavy atom. The summed E-state index contributed by atoms with van der Waals surface area (Å²) in [5.41, 5.74) is 0. The summed E-state index contributed by atoms with van der Waals surface area (Å²) in [5.74, 6) is -1.87. The zero-order chi connectivity index (χ0) is 14.3. The number of benzene rings is 1. The third-order valence-corrected chi connectivity index (χ3v) is 2.49. The van der Waals surface area contributed by atoms with Crippen LogP contribution in [0.5, 0.6) is 5.75 Å². The lowest BCUT2D eigenvalue weighted by atomic mass is 10.2. The molecule has 1 unspecified atom stereocenters. The molecule has 4 nitrogen and oxygen atoms in total. The molecule has 0 amide bonds. The maximum atomic E-state index is 13.3. The van der Waals surface area contributed by atoms with Gasteiger partial charge in [-0.25, -0.2) is 8.78 Å². The molecular formula is C13H17F2NO3. The van der Waals surface area contributed by atoms with Crippen molar-refractivity contribution in [1.82, 2.24) is 5.32 Å². The molecule has 0 radical (unpaired) electrons. The number of hydrogen-bond acceptors (Lipinski definition) is 4. The van der Waals surface area contributed by atoms with Crippen LogP contribution in [0, 0.1) is 11.6 Å². The number of methoxy groups -OCH3 is 1. The smallest absolute Gasteiger partial charge is 0.322 e. The lowest BCUT2D eigenvalue weighted by Gasteiger charge is -2.15. The summed E-state index contributed by atoms with van der Waals surface area (Å²) in [7, 11) is 1.30. The van der Waals surface area contributed by atoms with E-state index in [0.717, 1.165) is 12.1 Å². The lowest BCUT2D eigenvalue weighted by Crippen LogP contribution is -2.38. The van der Waals surface area contributed by atoms with Crippen LogP contribution < -0.4 is 10.1 Å². The van der Waals surface area contributed by atoms with E-state index < -0.39 is 23.6 Å². The van der Waals surface area contributed by atoms with Gasteiger partial charge in [-0.05, 0) is 18.7 Å². The van der Waals surface area contributed by atoms with E-state index in [1.165, 1.54) is 13.2 Å². The first kappa shape index (κ1) is 15.4. The van der Waals surface area contributed by atoms with Crippen LogP contribution in [0.1, 0.15) is 13.3 Å². The SMILES string of the molecule is CCNC(CCOc1ccc(F)cc1F)C(=O)OC. The quantitative estimate of drug-likeness (QED) is 0.771. The normalized spacial score (nSPS) is 12.0. The average Bonchev–Trinajstić information content (AvgIpc) is 2.39. The summed E-state index contributed by atoms with van der Waals surface area (Å²) in [6.07, 6.45) is 0.331. The second-order valence-corrected chi connectivity index (χ2v) is 3.85. The molecule has 0 saturated heterocycles. The van der Waals surface area contributed by atoms with Gasteiger partial charge in [-0.2, -0.15) is 0 Å². The first-order valence-electron chi connectivity index (χ1n) is 5.97. The number of likely N-dealkylation sites (N-methyl/N-ethyl adjacent to an activating group) is 1. The van der Waals surface area contributed by atoms with Gasteiger partial charge in [-0.15, -0.1) is 0 Å². The minimum Gasteiger partial charge on any atom is -0.490 e. The molecule has 1 aromatic carbocycles. The van der Waals surface area contributed by atoms with Crippen LogP contribution in [0.2, 0.25) is 0 Å². The molecule has 1 N–H and O–H groups in total. The number of esters is 1. The molecule has 0 fully saturated rings. The van der Waals surface area contributed by atoms with Gasteiger partial charge in [0.25, 0.3) is 0 Å². The molecule has 0 aromatic heterocycles. The molecule has 0 aliphatic carbocycles. The molecule has 0 spiro atoms. The second kappa shape index (κ2) is 7.68. The third kappa shape index (κ3) is 4.82. The summed E-state index contributed by atoms with van der Waals surface area (Å²) in [4.78, 5) is 11.4. The molecule has 0 heterocycles. The van der Waals surface area contributed by atoms with Gasteiger partial charge in [0.05, 0.1) is 13.7 Å². The van der Waals surface area contributed by atoms with Crippen LogP contribution in [-0.4, -0.2) is 32.3 Å². The lowest BCUT2D eigenvalue weighted by molar-refractivity contribution is -0.143. The Bertz CT molecular complexity index is 426. The Hall–Kier alpha value is -1.69. The summed E-state index contributed by atoms with van der Waals surface area (Å²) in [5, 5.41) is 2.94. The predicted octanol–water partition coefficient (Wildman–Crippen LogP) is 1.88. The summed E-state index contributed by atoms with van der Waals surface area (Å²) in [6, 6.07) is 2.57. The number of rotatable bonds is 7. The van der Waals surface area contributed by atoms with Crippen molar-refractivity contribution in [3.8, 4) is 5.75 Å². The molecule has 0 bridgehead atoms. The van der Waals surface area contributed by atoms with E-state index in [1.807, 2.05) is 6.92 Å². The first-order valence-corrected chi connectivity index (χ1v) is 5.97. The van der Waals surface area contributed by atoms with Gasteiger partial charge in [-0.3, -0.25) is 4.79 Å². The number of hydrogen-bond donors (Lipinski definition) is 1. The second-order valence-electron chi connectivity index (χ2n) is 3.85. The van der Waals surface area contributed by atoms with Gasteiger partial charge in [0, 0.05) is 12.5 Å². The maximum absolute atomic E-state index is 13.3. The van der Waals surface area contributed by atoms with Crippen LogP contribution in [0.3, 0.4) is 0 Å². The standard InChI is InChI=1S/C13H17F2NO3/c1-3-16-11(13(17)18-2)6-7-19-12-5-4-9(14)8-10(12)15/h4-5,8,11,16H,3,6-7H2,1-2H3. The van der Waals surface area contributed by atoms with Crippen LogP contribution in [0.15, 0.2) is 18.2 Å². The Morgan fingerprint density at radius 2 is 2.16 bits per heavy atom. The van der Waals surface area contributed by atoms with Crippen molar-refractivity contribution in [2.45, 2.75) is 19.4 Å². The molecule has 0 saturated carbocycles. The fourth-order valence-electron chi connectivity index (χ4n) is 1.57. The highest BCUT2D eigenvalue weighted by Gasteiger charge is 2.17. The maximum Gasteiger partial charge on any atom is 0.322 e. The molecule has 1 atom stereocenters. The highest BCUT2D eigenvalue weighted by atomic mass is 19.1. The van der Waals surface area contributed by atoms with Gasteiger partial charge in [0.15, 0.2) is 11.6 Å². The van der Waals surface area contributed by atoms with Gasteiger partial charge >= 0.3 is 5.97 Å².